The first kappa shape index (κ1) is 23.6. The summed E-state index contributed by atoms with van der Waals surface area (Å²) >= 11 is 0. The maximum absolute atomic E-state index is 12.8. The second kappa shape index (κ2) is 9.60. The minimum atomic E-state index is -1.15. The van der Waals surface area contributed by atoms with E-state index >= 15 is 0 Å². The number of urea groups is 1. The molecule has 0 aromatic heterocycles. The van der Waals surface area contributed by atoms with Gasteiger partial charge in [-0.1, -0.05) is 24.3 Å². The van der Waals surface area contributed by atoms with Crippen molar-refractivity contribution in [3.8, 4) is 0 Å². The van der Waals surface area contributed by atoms with Crippen LogP contribution < -0.4 is 11.5 Å². The fourth-order valence-corrected chi connectivity index (χ4v) is 3.47. The van der Waals surface area contributed by atoms with E-state index in [1.54, 1.807) is 50.2 Å². The molecule has 1 saturated heterocycles. The van der Waals surface area contributed by atoms with Crippen molar-refractivity contribution in [3.63, 3.8) is 0 Å². The molecule has 1 aliphatic heterocycles. The van der Waals surface area contributed by atoms with E-state index < -0.39 is 29.4 Å². The monoisotopic (exact) mass is 454 g/mol. The van der Waals surface area contributed by atoms with Crippen molar-refractivity contribution in [2.24, 2.45) is 0 Å². The van der Waals surface area contributed by atoms with E-state index in [2.05, 4.69) is 0 Å². The van der Waals surface area contributed by atoms with Crippen molar-refractivity contribution in [2.45, 2.75) is 19.4 Å². The third kappa shape index (κ3) is 4.89. The van der Waals surface area contributed by atoms with Gasteiger partial charge in [0.05, 0.1) is 24.2 Å². The molecule has 10 heteroatoms. The zero-order valence-corrected chi connectivity index (χ0v) is 18.4. The molecule has 10 nitrogen and oxygen atoms in total. The number of benzene rings is 2. The predicted octanol–water partition coefficient (Wildman–Crippen LogP) is 1.91. The molecule has 0 aliphatic carbocycles. The smallest absolute Gasteiger partial charge is 0.340 e. The van der Waals surface area contributed by atoms with E-state index in [1.807, 2.05) is 0 Å². The van der Waals surface area contributed by atoms with Gasteiger partial charge in [-0.2, -0.15) is 0 Å². The van der Waals surface area contributed by atoms with Gasteiger partial charge in [-0.25, -0.2) is 14.4 Å². The third-order valence-electron chi connectivity index (χ3n) is 5.36. The van der Waals surface area contributed by atoms with Gasteiger partial charge in [0.1, 0.15) is 18.8 Å². The molecular formula is C23H26N4O6. The molecule has 33 heavy (non-hydrogen) atoms. The molecule has 0 saturated carbocycles. The van der Waals surface area contributed by atoms with Crippen LogP contribution in [-0.4, -0.2) is 65.5 Å². The van der Waals surface area contributed by atoms with E-state index in [1.165, 1.54) is 17.0 Å². The summed E-state index contributed by atoms with van der Waals surface area (Å²) in [5.74, 6) is -1.70. The lowest BCUT2D eigenvalue weighted by atomic mass is 10.0. The van der Waals surface area contributed by atoms with Gasteiger partial charge < -0.3 is 25.8 Å². The first-order valence-corrected chi connectivity index (χ1v) is 10.3. The van der Waals surface area contributed by atoms with Crippen molar-refractivity contribution in [1.82, 2.24) is 9.80 Å². The number of nitrogens with zero attached hydrogens (tertiary/aromatic N) is 2. The standard InChI is InChI=1S/C23H26N4O6/c1-23(2)21(30)26(11-13-32-19(28)15-7-3-5-9-17(15)24)22(31)27(23)12-14-33-20(29)16-8-4-6-10-18(16)25/h3-10H,11-14,24-25H2,1-2H3. The Kier molecular flexibility index (Phi) is 6.86. The Morgan fingerprint density at radius 1 is 0.818 bits per heavy atom. The Morgan fingerprint density at radius 2 is 1.27 bits per heavy atom. The van der Waals surface area contributed by atoms with Crippen LogP contribution in [0.25, 0.3) is 0 Å². The zero-order valence-electron chi connectivity index (χ0n) is 18.4. The quantitative estimate of drug-likeness (QED) is 0.349. The summed E-state index contributed by atoms with van der Waals surface area (Å²) in [6.07, 6.45) is 0. The van der Waals surface area contributed by atoms with Crippen LogP contribution in [0.15, 0.2) is 48.5 Å². The molecular weight excluding hydrogens is 428 g/mol. The van der Waals surface area contributed by atoms with E-state index in [0.717, 1.165) is 4.90 Å². The topological polar surface area (TPSA) is 145 Å². The average Bonchev–Trinajstić information content (AvgIpc) is 2.94. The Balaban J connectivity index is 1.55. The lowest BCUT2D eigenvalue weighted by molar-refractivity contribution is -0.132. The van der Waals surface area contributed by atoms with Crippen molar-refractivity contribution < 1.29 is 28.7 Å². The number of nitrogen functional groups attached to an aromatic ring is 2. The Labute approximate surface area is 191 Å². The zero-order chi connectivity index (χ0) is 24.2. The Hall–Kier alpha value is -4.08. The van der Waals surface area contributed by atoms with E-state index in [9.17, 15) is 19.2 Å². The van der Waals surface area contributed by atoms with Gasteiger partial charge in [-0.15, -0.1) is 0 Å². The highest BCUT2D eigenvalue weighted by atomic mass is 16.5. The van der Waals surface area contributed by atoms with Crippen LogP contribution in [-0.2, 0) is 14.3 Å². The summed E-state index contributed by atoms with van der Waals surface area (Å²) in [7, 11) is 0. The second-order valence-electron chi connectivity index (χ2n) is 7.90. The summed E-state index contributed by atoms with van der Waals surface area (Å²) < 4.78 is 10.4. The maximum Gasteiger partial charge on any atom is 0.340 e. The van der Waals surface area contributed by atoms with Crippen LogP contribution in [0.1, 0.15) is 34.6 Å². The third-order valence-corrected chi connectivity index (χ3v) is 5.36. The lowest BCUT2D eigenvalue weighted by Gasteiger charge is -2.27. The molecule has 2 aromatic carbocycles. The van der Waals surface area contributed by atoms with Gasteiger partial charge in [0.25, 0.3) is 5.91 Å². The number of ether oxygens (including phenoxy) is 2. The molecule has 3 amide bonds. The summed E-state index contributed by atoms with van der Waals surface area (Å²) in [6, 6.07) is 12.4. The minimum Gasteiger partial charge on any atom is -0.460 e. The van der Waals surface area contributed by atoms with Crippen molar-refractivity contribution in [3.05, 3.63) is 59.7 Å². The number of amides is 3. The van der Waals surface area contributed by atoms with Gasteiger partial charge in [-0.05, 0) is 38.1 Å². The highest BCUT2D eigenvalue weighted by Crippen LogP contribution is 2.27. The first-order chi connectivity index (χ1) is 15.6. The number of anilines is 2. The number of esters is 2. The van der Waals surface area contributed by atoms with Crippen LogP contribution in [0, 0.1) is 0 Å². The molecule has 1 fully saturated rings. The molecule has 1 heterocycles. The van der Waals surface area contributed by atoms with Crippen LogP contribution in [0.5, 0.6) is 0 Å². The number of carbonyl (C=O) groups is 4. The number of hydrogen-bond acceptors (Lipinski definition) is 8. The summed E-state index contributed by atoms with van der Waals surface area (Å²) in [5, 5.41) is 0. The van der Waals surface area contributed by atoms with E-state index in [4.69, 9.17) is 20.9 Å². The van der Waals surface area contributed by atoms with E-state index in [0.29, 0.717) is 0 Å². The molecule has 0 spiro atoms. The molecule has 4 N–H and O–H groups in total. The number of rotatable bonds is 8. The Morgan fingerprint density at radius 3 is 1.76 bits per heavy atom. The number of hydrogen-bond donors (Lipinski definition) is 2. The Bertz CT molecular complexity index is 1080. The molecule has 0 unspecified atom stereocenters. The molecule has 2 aromatic rings. The largest absolute Gasteiger partial charge is 0.460 e. The fraction of sp³-hybridized carbons (Fsp3) is 0.304. The number of para-hydroxylation sites is 2. The van der Waals surface area contributed by atoms with Crippen LogP contribution in [0.3, 0.4) is 0 Å². The highest BCUT2D eigenvalue weighted by molar-refractivity contribution is 6.06. The molecule has 0 bridgehead atoms. The predicted molar refractivity (Wildman–Crippen MR) is 120 cm³/mol. The van der Waals surface area contributed by atoms with Gasteiger partial charge in [0.2, 0.25) is 0 Å². The number of nitrogens with two attached hydrogens (primary N) is 2. The lowest BCUT2D eigenvalue weighted by Crippen LogP contribution is -2.45. The SMILES string of the molecule is CC1(C)C(=O)N(CCOC(=O)c2ccccc2N)C(=O)N1CCOC(=O)c1ccccc1N. The van der Waals surface area contributed by atoms with Crippen molar-refractivity contribution >= 4 is 35.3 Å². The van der Waals surface area contributed by atoms with Gasteiger partial charge in [0.15, 0.2) is 0 Å². The highest BCUT2D eigenvalue weighted by Gasteiger charge is 2.50. The van der Waals surface area contributed by atoms with Crippen LogP contribution in [0.2, 0.25) is 0 Å². The van der Waals surface area contributed by atoms with Gasteiger partial charge in [-0.3, -0.25) is 9.69 Å². The second-order valence-corrected chi connectivity index (χ2v) is 7.90. The summed E-state index contributed by atoms with van der Waals surface area (Å²) in [4.78, 5) is 52.4. The average molecular weight is 454 g/mol. The summed E-state index contributed by atoms with van der Waals surface area (Å²) in [6.45, 7) is 2.79. The maximum atomic E-state index is 12.8. The fourth-order valence-electron chi connectivity index (χ4n) is 3.47. The number of imide groups is 1. The minimum absolute atomic E-state index is 0.00683. The van der Waals surface area contributed by atoms with Crippen molar-refractivity contribution in [2.75, 3.05) is 37.8 Å². The normalized spacial score (nSPS) is 15.0. The molecule has 3 rings (SSSR count). The van der Waals surface area contributed by atoms with Crippen LogP contribution >= 0.6 is 0 Å². The molecule has 1 aliphatic rings. The molecule has 174 valence electrons. The van der Waals surface area contributed by atoms with E-state index in [-0.39, 0.29) is 48.8 Å². The van der Waals surface area contributed by atoms with Gasteiger partial charge >= 0.3 is 18.0 Å². The van der Waals surface area contributed by atoms with Crippen LogP contribution in [0.4, 0.5) is 16.2 Å². The first-order valence-electron chi connectivity index (χ1n) is 10.3. The van der Waals surface area contributed by atoms with Crippen molar-refractivity contribution in [1.29, 1.82) is 0 Å². The van der Waals surface area contributed by atoms with Gasteiger partial charge in [0, 0.05) is 11.4 Å². The molecule has 0 radical (unpaired) electrons. The molecule has 0 atom stereocenters. The number of carbonyl (C=O) groups excluding carboxylic acids is 4. The summed E-state index contributed by atoms with van der Waals surface area (Å²) in [5.41, 5.74) is 11.4.